The van der Waals surface area contributed by atoms with Crippen LogP contribution in [0.2, 0.25) is 0 Å². The molecule has 0 rings (SSSR count). The summed E-state index contributed by atoms with van der Waals surface area (Å²) in [7, 11) is -3.89. The molecule has 4 nitrogen and oxygen atoms in total. The Hall–Kier alpha value is -0.130. The highest BCUT2D eigenvalue weighted by Crippen LogP contribution is 2.19. The van der Waals surface area contributed by atoms with Crippen molar-refractivity contribution in [3.63, 3.8) is 0 Å². The SMILES string of the molecule is CCCCCCC(O)CCCCCCCCCCC(CCCCC)S(=O)(=O)O. The molecule has 2 unspecified atom stereocenters. The number of hydrogen-bond donors (Lipinski definition) is 2. The summed E-state index contributed by atoms with van der Waals surface area (Å²) in [5.41, 5.74) is 0. The van der Waals surface area contributed by atoms with Crippen LogP contribution in [0.15, 0.2) is 0 Å². The summed E-state index contributed by atoms with van der Waals surface area (Å²) in [4.78, 5) is 0. The van der Waals surface area contributed by atoms with Crippen LogP contribution in [0.1, 0.15) is 136 Å². The zero-order valence-electron chi connectivity index (χ0n) is 18.7. The molecule has 0 radical (unpaired) electrons. The van der Waals surface area contributed by atoms with Crippen LogP contribution in [-0.4, -0.2) is 29.4 Å². The van der Waals surface area contributed by atoms with Crippen molar-refractivity contribution >= 4 is 10.1 Å². The lowest BCUT2D eigenvalue weighted by Crippen LogP contribution is -2.20. The lowest BCUT2D eigenvalue weighted by atomic mass is 10.0. The number of hydrogen-bond acceptors (Lipinski definition) is 3. The monoisotopic (exact) mass is 420 g/mol. The van der Waals surface area contributed by atoms with Gasteiger partial charge in [-0.2, -0.15) is 8.42 Å². The van der Waals surface area contributed by atoms with Gasteiger partial charge in [0.2, 0.25) is 0 Å². The van der Waals surface area contributed by atoms with Crippen molar-refractivity contribution in [2.24, 2.45) is 0 Å². The molecule has 0 spiro atoms. The highest BCUT2D eigenvalue weighted by atomic mass is 32.2. The maximum Gasteiger partial charge on any atom is 0.267 e. The lowest BCUT2D eigenvalue weighted by Gasteiger charge is -2.13. The molecule has 0 bridgehead atoms. The predicted octanol–water partition coefficient (Wildman–Crippen LogP) is 7.06. The van der Waals surface area contributed by atoms with Crippen LogP contribution in [0.5, 0.6) is 0 Å². The van der Waals surface area contributed by atoms with Crippen LogP contribution in [0.4, 0.5) is 0 Å². The predicted molar refractivity (Wildman–Crippen MR) is 120 cm³/mol. The van der Waals surface area contributed by atoms with Gasteiger partial charge in [-0.1, -0.05) is 110 Å². The second-order valence-corrected chi connectivity index (χ2v) is 10.2. The van der Waals surface area contributed by atoms with Gasteiger partial charge in [-0.15, -0.1) is 0 Å². The molecule has 5 heteroatoms. The average Bonchev–Trinajstić information content (AvgIpc) is 2.64. The smallest absolute Gasteiger partial charge is 0.267 e. The lowest BCUT2D eigenvalue weighted by molar-refractivity contribution is 0.147. The van der Waals surface area contributed by atoms with Gasteiger partial charge in [-0.3, -0.25) is 4.55 Å². The van der Waals surface area contributed by atoms with E-state index in [1.165, 1.54) is 44.9 Å². The second-order valence-electron chi connectivity index (χ2n) is 8.54. The van der Waals surface area contributed by atoms with Crippen molar-refractivity contribution in [1.29, 1.82) is 0 Å². The number of aliphatic hydroxyl groups excluding tert-OH is 1. The van der Waals surface area contributed by atoms with E-state index in [1.807, 2.05) is 0 Å². The van der Waals surface area contributed by atoms with Crippen LogP contribution in [-0.2, 0) is 10.1 Å². The fourth-order valence-electron chi connectivity index (χ4n) is 3.83. The van der Waals surface area contributed by atoms with Gasteiger partial charge in [0.15, 0.2) is 0 Å². The van der Waals surface area contributed by atoms with Gasteiger partial charge in [0.05, 0.1) is 11.4 Å². The quantitative estimate of drug-likeness (QED) is 0.154. The number of rotatable bonds is 21. The van der Waals surface area contributed by atoms with E-state index in [-0.39, 0.29) is 6.10 Å². The Kier molecular flexibility index (Phi) is 18.8. The number of unbranched alkanes of at least 4 members (excludes halogenated alkanes) is 12. The molecular weight excluding hydrogens is 372 g/mol. The van der Waals surface area contributed by atoms with Crippen molar-refractivity contribution in [3.05, 3.63) is 0 Å². The maximum absolute atomic E-state index is 11.5. The Morgan fingerprint density at radius 3 is 1.32 bits per heavy atom. The first kappa shape index (κ1) is 27.9. The van der Waals surface area contributed by atoms with E-state index in [2.05, 4.69) is 13.8 Å². The molecule has 0 aromatic rings. The summed E-state index contributed by atoms with van der Waals surface area (Å²) < 4.78 is 32.3. The molecule has 2 atom stereocenters. The van der Waals surface area contributed by atoms with Gasteiger partial charge in [0.25, 0.3) is 10.1 Å². The molecule has 0 aliphatic heterocycles. The standard InChI is InChI=1S/C23H48O4S/c1-3-5-7-15-18-22(24)19-16-12-10-8-9-11-13-17-21-23(28(25,26)27)20-14-6-4-2/h22-24H,3-21H2,1-2H3,(H,25,26,27). The topological polar surface area (TPSA) is 74.6 Å². The van der Waals surface area contributed by atoms with E-state index in [4.69, 9.17) is 0 Å². The summed E-state index contributed by atoms with van der Waals surface area (Å²) in [5.74, 6) is 0. The fourth-order valence-corrected chi connectivity index (χ4v) is 4.76. The third-order valence-electron chi connectivity index (χ3n) is 5.76. The van der Waals surface area contributed by atoms with Crippen LogP contribution >= 0.6 is 0 Å². The average molecular weight is 421 g/mol. The molecule has 0 fully saturated rings. The molecule has 0 amide bonds. The fraction of sp³-hybridized carbons (Fsp3) is 1.00. The van der Waals surface area contributed by atoms with Gasteiger partial charge in [-0.25, -0.2) is 0 Å². The molecular formula is C23H48O4S. The molecule has 0 aliphatic rings. The first-order valence-electron chi connectivity index (χ1n) is 12.1. The van der Waals surface area contributed by atoms with Gasteiger partial charge < -0.3 is 5.11 Å². The maximum atomic E-state index is 11.5. The molecule has 0 aliphatic carbocycles. The summed E-state index contributed by atoms with van der Waals surface area (Å²) in [6.45, 7) is 4.31. The van der Waals surface area contributed by atoms with Crippen LogP contribution in [0.25, 0.3) is 0 Å². The summed E-state index contributed by atoms with van der Waals surface area (Å²) >= 11 is 0. The van der Waals surface area contributed by atoms with Crippen LogP contribution in [0, 0.1) is 0 Å². The van der Waals surface area contributed by atoms with E-state index in [0.29, 0.717) is 12.8 Å². The molecule has 0 aromatic carbocycles. The molecule has 0 heterocycles. The van der Waals surface area contributed by atoms with Crippen molar-refractivity contribution in [3.8, 4) is 0 Å². The zero-order chi connectivity index (χ0) is 21.1. The largest absolute Gasteiger partial charge is 0.393 e. The van der Waals surface area contributed by atoms with Crippen molar-refractivity contribution in [1.82, 2.24) is 0 Å². The highest BCUT2D eigenvalue weighted by molar-refractivity contribution is 7.86. The Bertz CT molecular complexity index is 422. The van der Waals surface area contributed by atoms with Gasteiger partial charge in [0, 0.05) is 0 Å². The van der Waals surface area contributed by atoms with Crippen LogP contribution < -0.4 is 0 Å². The van der Waals surface area contributed by atoms with Gasteiger partial charge in [0.1, 0.15) is 0 Å². The van der Waals surface area contributed by atoms with E-state index in [9.17, 15) is 18.1 Å². The van der Waals surface area contributed by atoms with Gasteiger partial charge in [-0.05, 0) is 25.7 Å². The van der Waals surface area contributed by atoms with E-state index < -0.39 is 15.4 Å². The zero-order valence-corrected chi connectivity index (χ0v) is 19.5. The van der Waals surface area contributed by atoms with Gasteiger partial charge >= 0.3 is 0 Å². The normalized spacial score (nSPS) is 14.3. The minimum Gasteiger partial charge on any atom is -0.393 e. The molecule has 28 heavy (non-hydrogen) atoms. The third kappa shape index (κ3) is 17.9. The molecule has 170 valence electrons. The van der Waals surface area contributed by atoms with Crippen LogP contribution in [0.3, 0.4) is 0 Å². The first-order valence-corrected chi connectivity index (χ1v) is 13.6. The minimum absolute atomic E-state index is 0.107. The second kappa shape index (κ2) is 18.9. The summed E-state index contributed by atoms with van der Waals surface area (Å²) in [6.07, 6.45) is 20.0. The molecule has 0 saturated carbocycles. The first-order chi connectivity index (χ1) is 13.4. The Morgan fingerprint density at radius 1 is 0.571 bits per heavy atom. The third-order valence-corrected chi connectivity index (χ3v) is 7.07. The van der Waals surface area contributed by atoms with Crippen molar-refractivity contribution in [2.45, 2.75) is 147 Å². The molecule has 0 saturated heterocycles. The summed E-state index contributed by atoms with van der Waals surface area (Å²) in [6, 6.07) is 0. The van der Waals surface area contributed by atoms with E-state index in [0.717, 1.165) is 64.2 Å². The number of aliphatic hydroxyl groups is 1. The highest BCUT2D eigenvalue weighted by Gasteiger charge is 2.21. The van der Waals surface area contributed by atoms with Crippen molar-refractivity contribution < 1.29 is 18.1 Å². The van der Waals surface area contributed by atoms with E-state index in [1.54, 1.807) is 0 Å². The van der Waals surface area contributed by atoms with Crippen molar-refractivity contribution in [2.75, 3.05) is 0 Å². The van der Waals surface area contributed by atoms with E-state index >= 15 is 0 Å². The Morgan fingerprint density at radius 2 is 0.893 bits per heavy atom. The molecule has 2 N–H and O–H groups in total. The Labute approximate surface area is 175 Å². The Balaban J connectivity index is 3.53. The summed E-state index contributed by atoms with van der Waals surface area (Å²) in [5, 5.41) is 9.40. The minimum atomic E-state index is -3.89. The molecule has 0 aromatic heterocycles.